The lowest BCUT2D eigenvalue weighted by atomic mass is 9.68. The number of benzene rings is 12. The molecule has 12 aromatic carbocycles. The summed E-state index contributed by atoms with van der Waals surface area (Å²) in [5, 5.41) is 12.6. The number of aromatic nitrogens is 2. The van der Waals surface area contributed by atoms with Gasteiger partial charge in [0.25, 0.3) is 0 Å². The zero-order valence-electron chi connectivity index (χ0n) is 39.3. The highest BCUT2D eigenvalue weighted by molar-refractivity contribution is 6.25. The summed E-state index contributed by atoms with van der Waals surface area (Å²) in [5.74, 6) is 0. The number of para-hydroxylation sites is 2. The summed E-state index contributed by atoms with van der Waals surface area (Å²) in [6, 6.07) is 87.6. The molecule has 0 unspecified atom stereocenters. The van der Waals surface area contributed by atoms with Gasteiger partial charge in [0.05, 0.1) is 5.41 Å². The van der Waals surface area contributed by atoms with Crippen LogP contribution in [0.5, 0.6) is 0 Å². The summed E-state index contributed by atoms with van der Waals surface area (Å²) in [5.41, 5.74) is 22.5. The van der Waals surface area contributed by atoms with E-state index >= 15 is 0 Å². The van der Waals surface area contributed by atoms with Crippen LogP contribution in [0.4, 0.5) is 0 Å². The lowest BCUT2D eigenvalue weighted by Gasteiger charge is -2.33. The lowest BCUT2D eigenvalue weighted by molar-refractivity contribution is 0.796. The first-order valence-electron chi connectivity index (χ1n) is 24.9. The van der Waals surface area contributed by atoms with Crippen LogP contribution in [-0.4, -0.2) is 9.13 Å². The molecule has 0 bridgehead atoms. The van der Waals surface area contributed by atoms with Gasteiger partial charge in [0.15, 0.2) is 0 Å². The molecular weight excluding hydrogens is 857 g/mol. The molecule has 0 fully saturated rings. The molecule has 2 aliphatic rings. The predicted octanol–water partition coefficient (Wildman–Crippen LogP) is 17.8. The number of nitrogens with zero attached hydrogens (tertiary/aromatic N) is 2. The Morgan fingerprint density at radius 1 is 0.268 bits per heavy atom. The van der Waals surface area contributed by atoms with Crippen molar-refractivity contribution in [1.29, 1.82) is 0 Å². The molecule has 2 aromatic heterocycles. The maximum atomic E-state index is 2.54. The van der Waals surface area contributed by atoms with Crippen molar-refractivity contribution in [3.05, 3.63) is 253 Å². The third-order valence-electron chi connectivity index (χ3n) is 16.8. The zero-order chi connectivity index (χ0) is 46.7. The number of fused-ring (bicyclic) bond motifs is 20. The molecule has 0 N–H and O–H groups in total. The highest BCUT2D eigenvalue weighted by atomic mass is 14.9. The average molecular weight is 901 g/mol. The van der Waals surface area contributed by atoms with Gasteiger partial charge in [-0.25, -0.2) is 0 Å². The molecule has 0 radical (unpaired) electrons. The molecule has 0 saturated heterocycles. The molecule has 0 amide bonds. The number of hydrogen-bond donors (Lipinski definition) is 0. The van der Waals surface area contributed by atoms with Crippen LogP contribution in [0.25, 0.3) is 132 Å². The molecule has 330 valence electrons. The molecule has 16 rings (SSSR count). The number of rotatable bonds is 3. The average Bonchev–Trinajstić information content (AvgIpc) is 4.12. The first kappa shape index (κ1) is 38.9. The Morgan fingerprint density at radius 2 is 0.676 bits per heavy atom. The summed E-state index contributed by atoms with van der Waals surface area (Å²) in [7, 11) is 4.41. The molecule has 0 saturated carbocycles. The fraction of sp³-hybridized carbons (Fsp3) is 0.0435. The molecular formula is C69H44N2. The van der Waals surface area contributed by atoms with Gasteiger partial charge >= 0.3 is 0 Å². The number of hydrogen-bond acceptors (Lipinski definition) is 0. The van der Waals surface area contributed by atoms with Crippen molar-refractivity contribution in [1.82, 2.24) is 9.13 Å². The van der Waals surface area contributed by atoms with Crippen molar-refractivity contribution in [3.63, 3.8) is 0 Å². The first-order chi connectivity index (χ1) is 35.1. The van der Waals surface area contributed by atoms with Crippen molar-refractivity contribution >= 4 is 75.9 Å². The van der Waals surface area contributed by atoms with E-state index in [0.29, 0.717) is 0 Å². The maximum absolute atomic E-state index is 2.54. The van der Waals surface area contributed by atoms with Crippen LogP contribution in [-0.2, 0) is 19.5 Å². The lowest BCUT2D eigenvalue weighted by Crippen LogP contribution is -2.26. The molecule has 0 aliphatic heterocycles. The second-order valence-electron chi connectivity index (χ2n) is 19.9. The van der Waals surface area contributed by atoms with E-state index in [9.17, 15) is 0 Å². The highest BCUT2D eigenvalue weighted by Gasteiger charge is 2.53. The second-order valence-corrected chi connectivity index (χ2v) is 19.9. The topological polar surface area (TPSA) is 9.86 Å². The Morgan fingerprint density at radius 3 is 1.27 bits per heavy atom. The van der Waals surface area contributed by atoms with Gasteiger partial charge < -0.3 is 9.13 Å². The van der Waals surface area contributed by atoms with E-state index in [2.05, 4.69) is 254 Å². The monoisotopic (exact) mass is 900 g/mol. The standard InChI is InChI=1S/C69H44N2/c1-70-60-34-11-7-22-51(60)66-47(28-16-36-62(66)70)43-24-13-26-49-55(43)40-56-44(48-29-17-37-63-67(48)52-23-8-12-35-61(52)71(63)2)25-14-27-50(56)64(49)53-30-15-31-54-65-42-19-4-3-18-41(42)38-39-59(65)69(68(53)54)57-32-9-5-20-45(57)46-21-6-10-33-58(46)69/h3-40H,1-2H3. The Kier molecular flexibility index (Phi) is 7.71. The minimum atomic E-state index is -0.564. The fourth-order valence-corrected chi connectivity index (χ4v) is 14.0. The van der Waals surface area contributed by atoms with Gasteiger partial charge in [0.2, 0.25) is 0 Å². The van der Waals surface area contributed by atoms with E-state index in [4.69, 9.17) is 0 Å². The molecule has 71 heavy (non-hydrogen) atoms. The van der Waals surface area contributed by atoms with Gasteiger partial charge in [-0.3, -0.25) is 0 Å². The molecule has 2 nitrogen and oxygen atoms in total. The summed E-state index contributed by atoms with van der Waals surface area (Å²) in [4.78, 5) is 0. The third-order valence-corrected chi connectivity index (χ3v) is 16.8. The van der Waals surface area contributed by atoms with Gasteiger partial charge in [-0.15, -0.1) is 0 Å². The SMILES string of the molecule is Cn1c2ccccc2c2c(-c3cccc4c(-c5cccc6c5C5(c7ccccc7-c7ccccc75)c5ccc7ccccc7c5-6)c5cccc(-c6cccc7c6c6ccccc6n7C)c5cc34)cccc21. The first-order valence-corrected chi connectivity index (χ1v) is 24.9. The van der Waals surface area contributed by atoms with Crippen molar-refractivity contribution < 1.29 is 0 Å². The summed E-state index contributed by atoms with van der Waals surface area (Å²) in [6.07, 6.45) is 0. The Hall–Kier alpha value is -8.98. The Bertz CT molecular complexity index is 4450. The third kappa shape index (κ3) is 4.87. The highest BCUT2D eigenvalue weighted by Crippen LogP contribution is 2.66. The van der Waals surface area contributed by atoms with Gasteiger partial charge in [-0.1, -0.05) is 200 Å². The van der Waals surface area contributed by atoms with Gasteiger partial charge in [-0.05, 0) is 141 Å². The number of aryl methyl sites for hydroxylation is 2. The quantitative estimate of drug-likeness (QED) is 0.156. The van der Waals surface area contributed by atoms with Crippen LogP contribution >= 0.6 is 0 Å². The van der Waals surface area contributed by atoms with Gasteiger partial charge in [0, 0.05) is 57.7 Å². The maximum Gasteiger partial charge on any atom is 0.0731 e. The molecule has 2 heteroatoms. The van der Waals surface area contributed by atoms with Crippen LogP contribution in [0.1, 0.15) is 22.3 Å². The van der Waals surface area contributed by atoms with Crippen molar-refractivity contribution in [2.45, 2.75) is 5.41 Å². The molecule has 0 atom stereocenters. The molecule has 1 spiro atoms. The minimum Gasteiger partial charge on any atom is -0.344 e. The van der Waals surface area contributed by atoms with E-state index in [0.717, 1.165) is 0 Å². The normalized spacial score (nSPS) is 13.3. The van der Waals surface area contributed by atoms with Crippen molar-refractivity contribution in [2.75, 3.05) is 0 Å². The largest absolute Gasteiger partial charge is 0.344 e. The fourth-order valence-electron chi connectivity index (χ4n) is 14.0. The van der Waals surface area contributed by atoms with Crippen LogP contribution in [0.2, 0.25) is 0 Å². The van der Waals surface area contributed by atoms with Crippen molar-refractivity contribution in [2.24, 2.45) is 14.1 Å². The predicted molar refractivity (Wildman–Crippen MR) is 300 cm³/mol. The molecule has 2 heterocycles. The van der Waals surface area contributed by atoms with Crippen LogP contribution in [0.3, 0.4) is 0 Å². The molecule has 14 aromatic rings. The van der Waals surface area contributed by atoms with Gasteiger partial charge in [0.1, 0.15) is 0 Å². The van der Waals surface area contributed by atoms with E-state index in [1.54, 1.807) is 0 Å². The van der Waals surface area contributed by atoms with E-state index in [-0.39, 0.29) is 0 Å². The Balaban J connectivity index is 1.10. The van der Waals surface area contributed by atoms with E-state index in [1.165, 1.54) is 154 Å². The summed E-state index contributed by atoms with van der Waals surface area (Å²) in [6.45, 7) is 0. The molecule has 2 aliphatic carbocycles. The van der Waals surface area contributed by atoms with Crippen LogP contribution in [0.15, 0.2) is 231 Å². The second kappa shape index (κ2) is 14.1. The Labute approximate surface area is 410 Å². The van der Waals surface area contributed by atoms with Crippen LogP contribution in [0, 0.1) is 0 Å². The zero-order valence-corrected chi connectivity index (χ0v) is 39.3. The van der Waals surface area contributed by atoms with E-state index in [1.807, 2.05) is 0 Å². The van der Waals surface area contributed by atoms with E-state index < -0.39 is 5.41 Å². The smallest absolute Gasteiger partial charge is 0.0731 e. The van der Waals surface area contributed by atoms with Crippen molar-refractivity contribution in [3.8, 4) is 55.6 Å². The van der Waals surface area contributed by atoms with Crippen LogP contribution < -0.4 is 0 Å². The van der Waals surface area contributed by atoms with Gasteiger partial charge in [-0.2, -0.15) is 0 Å². The summed E-state index contributed by atoms with van der Waals surface area (Å²) >= 11 is 0. The summed E-state index contributed by atoms with van der Waals surface area (Å²) < 4.78 is 4.71. The minimum absolute atomic E-state index is 0.564.